The number of para-hydroxylation sites is 1. The van der Waals surface area contributed by atoms with E-state index in [4.69, 9.17) is 9.47 Å². The summed E-state index contributed by atoms with van der Waals surface area (Å²) in [6.45, 7) is 0.127. The number of hydrogen-bond acceptors (Lipinski definition) is 5. The van der Waals surface area contributed by atoms with Crippen molar-refractivity contribution in [3.8, 4) is 11.5 Å². The number of carbonyl (C=O) groups excluding carboxylic acids is 1. The number of amides is 1. The van der Waals surface area contributed by atoms with Crippen LogP contribution in [-0.4, -0.2) is 41.6 Å². The average molecular weight is 453 g/mol. The van der Waals surface area contributed by atoms with Gasteiger partial charge in [0.25, 0.3) is 10.0 Å². The quantitative estimate of drug-likeness (QED) is 0.549. The average Bonchev–Trinajstić information content (AvgIpc) is 3.27. The molecule has 0 aromatic heterocycles. The van der Waals surface area contributed by atoms with Gasteiger partial charge in [-0.15, -0.1) is 0 Å². The Bertz CT molecular complexity index is 1230. The summed E-state index contributed by atoms with van der Waals surface area (Å²) in [5.41, 5.74) is 2.11. The van der Waals surface area contributed by atoms with Crippen molar-refractivity contribution in [1.82, 2.24) is 0 Å². The minimum absolute atomic E-state index is 0.0829. The molecule has 0 bridgehead atoms. The van der Waals surface area contributed by atoms with Crippen LogP contribution >= 0.6 is 0 Å². The van der Waals surface area contributed by atoms with Gasteiger partial charge in [-0.2, -0.15) is 0 Å². The number of methoxy groups -OCH3 is 2. The van der Waals surface area contributed by atoms with E-state index >= 15 is 0 Å². The molecule has 8 heteroatoms. The monoisotopic (exact) mass is 452 g/mol. The van der Waals surface area contributed by atoms with Gasteiger partial charge in [-0.25, -0.2) is 8.42 Å². The highest BCUT2D eigenvalue weighted by Gasteiger charge is 2.33. The Labute approximate surface area is 187 Å². The molecule has 1 amide bonds. The number of hydrogen-bond donors (Lipinski definition) is 0. The first-order chi connectivity index (χ1) is 15.5. The van der Waals surface area contributed by atoms with Gasteiger partial charge in [0.15, 0.2) is 0 Å². The fourth-order valence-corrected chi connectivity index (χ4v) is 5.25. The van der Waals surface area contributed by atoms with Crippen LogP contribution in [0.4, 0.5) is 11.4 Å². The van der Waals surface area contributed by atoms with Crippen molar-refractivity contribution >= 4 is 27.3 Å². The first kappa shape index (κ1) is 21.7. The predicted molar refractivity (Wildman–Crippen MR) is 123 cm³/mol. The number of sulfonamides is 1. The molecule has 32 heavy (non-hydrogen) atoms. The van der Waals surface area contributed by atoms with Gasteiger partial charge < -0.3 is 14.4 Å². The van der Waals surface area contributed by atoms with Crippen LogP contribution in [0.3, 0.4) is 0 Å². The Morgan fingerprint density at radius 3 is 2.41 bits per heavy atom. The largest absolute Gasteiger partial charge is 0.497 e. The zero-order valence-electron chi connectivity index (χ0n) is 17.9. The molecule has 1 aliphatic heterocycles. The van der Waals surface area contributed by atoms with Crippen molar-refractivity contribution in [1.29, 1.82) is 0 Å². The molecule has 0 saturated carbocycles. The van der Waals surface area contributed by atoms with Crippen LogP contribution in [0.2, 0.25) is 0 Å². The van der Waals surface area contributed by atoms with Gasteiger partial charge in [-0.05, 0) is 42.3 Å². The highest BCUT2D eigenvalue weighted by atomic mass is 32.2. The van der Waals surface area contributed by atoms with Gasteiger partial charge in [0.2, 0.25) is 5.91 Å². The predicted octanol–water partition coefficient (Wildman–Crippen LogP) is 3.49. The first-order valence-corrected chi connectivity index (χ1v) is 11.6. The maximum Gasteiger partial charge on any atom is 0.264 e. The summed E-state index contributed by atoms with van der Waals surface area (Å²) in [5.74, 6) is 0.451. The van der Waals surface area contributed by atoms with Crippen LogP contribution in [-0.2, 0) is 21.2 Å². The third-order valence-corrected chi connectivity index (χ3v) is 7.23. The van der Waals surface area contributed by atoms with Crippen LogP contribution in [0.25, 0.3) is 0 Å². The summed E-state index contributed by atoms with van der Waals surface area (Å²) in [6, 6.07) is 20.6. The number of carbonyl (C=O) groups is 1. The smallest absolute Gasteiger partial charge is 0.264 e. The Morgan fingerprint density at radius 2 is 1.69 bits per heavy atom. The summed E-state index contributed by atoms with van der Waals surface area (Å²) in [5, 5.41) is 0. The fraction of sp³-hybridized carbons (Fsp3) is 0.208. The lowest BCUT2D eigenvalue weighted by Crippen LogP contribution is -2.42. The molecule has 1 aliphatic rings. The molecule has 0 atom stereocenters. The van der Waals surface area contributed by atoms with E-state index in [1.54, 1.807) is 41.3 Å². The van der Waals surface area contributed by atoms with Crippen molar-refractivity contribution in [2.75, 3.05) is 36.5 Å². The maximum atomic E-state index is 13.7. The third kappa shape index (κ3) is 4.01. The number of benzene rings is 3. The van der Waals surface area contributed by atoms with Crippen molar-refractivity contribution in [3.05, 3.63) is 78.4 Å². The third-order valence-electron chi connectivity index (χ3n) is 5.45. The van der Waals surface area contributed by atoms with E-state index in [1.807, 2.05) is 24.3 Å². The lowest BCUT2D eigenvalue weighted by Gasteiger charge is -2.28. The maximum absolute atomic E-state index is 13.7. The minimum atomic E-state index is -4.06. The minimum Gasteiger partial charge on any atom is -0.497 e. The lowest BCUT2D eigenvalue weighted by molar-refractivity contribution is -0.117. The summed E-state index contributed by atoms with van der Waals surface area (Å²) in [6.07, 6.45) is 0.732. The van der Waals surface area contributed by atoms with Crippen molar-refractivity contribution in [2.45, 2.75) is 11.3 Å². The Kier molecular flexibility index (Phi) is 6.05. The van der Waals surface area contributed by atoms with Gasteiger partial charge in [0.1, 0.15) is 18.0 Å². The summed E-state index contributed by atoms with van der Waals surface area (Å²) >= 11 is 0. The standard InChI is InChI=1S/C24H24N2O5S/c1-30-19-12-13-23(31-2)22(16-19)26(32(28,29)20-9-4-3-5-10-20)17-24(27)25-15-14-18-8-6-7-11-21(18)25/h3-13,16H,14-15,17H2,1-2H3. The summed E-state index contributed by atoms with van der Waals surface area (Å²) in [4.78, 5) is 15.1. The second-order valence-corrected chi connectivity index (χ2v) is 9.15. The summed E-state index contributed by atoms with van der Waals surface area (Å²) < 4.78 is 39.1. The topological polar surface area (TPSA) is 76.2 Å². The normalized spacial score (nSPS) is 12.9. The first-order valence-electron chi connectivity index (χ1n) is 10.1. The van der Waals surface area contributed by atoms with Gasteiger partial charge in [0, 0.05) is 18.3 Å². The van der Waals surface area contributed by atoms with Crippen LogP contribution < -0.4 is 18.7 Å². The highest BCUT2D eigenvalue weighted by molar-refractivity contribution is 7.92. The molecular weight excluding hydrogens is 428 g/mol. The highest BCUT2D eigenvalue weighted by Crippen LogP contribution is 2.36. The summed E-state index contributed by atoms with van der Waals surface area (Å²) in [7, 11) is -1.11. The van der Waals surface area contributed by atoms with Crippen molar-refractivity contribution < 1.29 is 22.7 Å². The molecule has 0 radical (unpaired) electrons. The zero-order valence-corrected chi connectivity index (χ0v) is 18.7. The van der Waals surface area contributed by atoms with Crippen molar-refractivity contribution in [2.24, 2.45) is 0 Å². The molecule has 0 unspecified atom stereocenters. The molecule has 0 spiro atoms. The van der Waals surface area contributed by atoms with Crippen LogP contribution in [0.1, 0.15) is 5.56 Å². The van der Waals surface area contributed by atoms with Crippen LogP contribution in [0.5, 0.6) is 11.5 Å². The molecule has 3 aromatic carbocycles. The Balaban J connectivity index is 1.78. The Hall–Kier alpha value is -3.52. The van der Waals surface area contributed by atoms with Gasteiger partial charge in [-0.3, -0.25) is 9.10 Å². The number of anilines is 2. The molecule has 166 valence electrons. The van der Waals surface area contributed by atoms with Gasteiger partial charge in [0.05, 0.1) is 24.8 Å². The van der Waals surface area contributed by atoms with E-state index < -0.39 is 10.0 Å². The molecule has 7 nitrogen and oxygen atoms in total. The molecule has 3 aromatic rings. The van der Waals surface area contributed by atoms with E-state index in [1.165, 1.54) is 26.4 Å². The zero-order chi connectivity index (χ0) is 22.7. The molecule has 0 fully saturated rings. The van der Waals surface area contributed by atoms with Crippen LogP contribution in [0.15, 0.2) is 77.7 Å². The lowest BCUT2D eigenvalue weighted by atomic mass is 10.2. The Morgan fingerprint density at radius 1 is 0.969 bits per heavy atom. The van der Waals surface area contributed by atoms with Crippen molar-refractivity contribution in [3.63, 3.8) is 0 Å². The van der Waals surface area contributed by atoms with Gasteiger partial charge in [-0.1, -0.05) is 36.4 Å². The SMILES string of the molecule is COc1ccc(OC)c(N(CC(=O)N2CCc3ccccc32)S(=O)(=O)c2ccccc2)c1. The van der Waals surface area contributed by atoms with E-state index in [0.717, 1.165) is 22.0 Å². The molecular formula is C24H24N2O5S. The van der Waals surface area contributed by atoms with E-state index in [-0.39, 0.29) is 23.0 Å². The van der Waals surface area contributed by atoms with Crippen LogP contribution in [0, 0.1) is 0 Å². The molecule has 0 saturated heterocycles. The molecule has 4 rings (SSSR count). The number of ether oxygens (including phenoxy) is 2. The van der Waals surface area contributed by atoms with E-state index in [9.17, 15) is 13.2 Å². The van der Waals surface area contributed by atoms with Gasteiger partial charge >= 0.3 is 0 Å². The molecule has 0 N–H and O–H groups in total. The molecule has 1 heterocycles. The second-order valence-electron chi connectivity index (χ2n) is 7.29. The van der Waals surface area contributed by atoms with E-state index in [2.05, 4.69) is 0 Å². The fourth-order valence-electron chi connectivity index (χ4n) is 3.82. The number of fused-ring (bicyclic) bond motifs is 1. The number of rotatable bonds is 7. The molecule has 0 aliphatic carbocycles. The van der Waals surface area contributed by atoms with E-state index in [0.29, 0.717) is 18.0 Å². The second kappa shape index (κ2) is 8.92. The number of nitrogens with zero attached hydrogens (tertiary/aromatic N) is 2.